The second kappa shape index (κ2) is 6.22. The van der Waals surface area contributed by atoms with Crippen molar-refractivity contribution in [3.05, 3.63) is 0 Å². The molecule has 2 amide bonds. The van der Waals surface area contributed by atoms with Gasteiger partial charge in [0.2, 0.25) is 0 Å². The number of rotatable bonds is 4. The van der Waals surface area contributed by atoms with Gasteiger partial charge in [0, 0.05) is 26.3 Å². The van der Waals surface area contributed by atoms with Crippen LogP contribution < -0.4 is 5.32 Å². The molecular formula is C15H26N2O4. The van der Waals surface area contributed by atoms with Crippen molar-refractivity contribution in [2.75, 3.05) is 26.3 Å². The number of ether oxygens (including phenoxy) is 1. The van der Waals surface area contributed by atoms with E-state index in [2.05, 4.69) is 12.2 Å². The molecule has 2 saturated heterocycles. The van der Waals surface area contributed by atoms with E-state index in [1.54, 1.807) is 0 Å². The van der Waals surface area contributed by atoms with Crippen molar-refractivity contribution in [1.82, 2.24) is 10.2 Å². The molecule has 0 saturated carbocycles. The van der Waals surface area contributed by atoms with Crippen LogP contribution in [-0.4, -0.2) is 53.8 Å². The van der Waals surface area contributed by atoms with Gasteiger partial charge in [0.05, 0.1) is 0 Å². The quantitative estimate of drug-likeness (QED) is 0.830. The number of hydrogen-bond donors (Lipinski definition) is 2. The Bertz CT molecular complexity index is 406. The molecule has 2 N–H and O–H groups in total. The van der Waals surface area contributed by atoms with E-state index in [9.17, 15) is 14.7 Å². The molecule has 0 aromatic heterocycles. The molecule has 2 heterocycles. The Balaban J connectivity index is 1.97. The predicted molar refractivity (Wildman–Crippen MR) is 78.2 cm³/mol. The summed E-state index contributed by atoms with van der Waals surface area (Å²) in [6.07, 6.45) is 3.58. The lowest BCUT2D eigenvalue weighted by Gasteiger charge is -2.37. The van der Waals surface area contributed by atoms with Gasteiger partial charge in [-0.15, -0.1) is 0 Å². The van der Waals surface area contributed by atoms with Gasteiger partial charge < -0.3 is 20.1 Å². The van der Waals surface area contributed by atoms with Crippen molar-refractivity contribution in [2.45, 2.75) is 51.5 Å². The van der Waals surface area contributed by atoms with Crippen LogP contribution in [0.5, 0.6) is 0 Å². The largest absolute Gasteiger partial charge is 0.479 e. The second-order valence-electron chi connectivity index (χ2n) is 6.53. The monoisotopic (exact) mass is 298 g/mol. The Morgan fingerprint density at radius 3 is 2.52 bits per heavy atom. The maximum atomic E-state index is 12.4. The Labute approximate surface area is 125 Å². The Hall–Kier alpha value is -1.30. The number of nitrogens with one attached hydrogen (secondary N) is 1. The van der Waals surface area contributed by atoms with Crippen molar-refractivity contribution < 1.29 is 19.4 Å². The van der Waals surface area contributed by atoms with Gasteiger partial charge in [0.15, 0.2) is 0 Å². The zero-order chi connectivity index (χ0) is 15.5. The van der Waals surface area contributed by atoms with Crippen LogP contribution in [0.4, 0.5) is 4.79 Å². The fourth-order valence-corrected chi connectivity index (χ4v) is 3.34. The Kier molecular flexibility index (Phi) is 4.76. The van der Waals surface area contributed by atoms with Crippen LogP contribution >= 0.6 is 0 Å². The Morgan fingerprint density at radius 2 is 1.95 bits per heavy atom. The fourth-order valence-electron chi connectivity index (χ4n) is 3.34. The number of likely N-dealkylation sites (tertiary alicyclic amines) is 1. The van der Waals surface area contributed by atoms with Gasteiger partial charge >= 0.3 is 12.0 Å². The van der Waals surface area contributed by atoms with E-state index < -0.39 is 11.5 Å². The lowest BCUT2D eigenvalue weighted by atomic mass is 9.82. The van der Waals surface area contributed by atoms with Gasteiger partial charge in [-0.2, -0.15) is 0 Å². The molecule has 0 aromatic carbocycles. The summed E-state index contributed by atoms with van der Waals surface area (Å²) in [5, 5.41) is 12.5. The average Bonchev–Trinajstić information content (AvgIpc) is 2.91. The first-order chi connectivity index (χ1) is 9.93. The van der Waals surface area contributed by atoms with Crippen LogP contribution in [-0.2, 0) is 9.53 Å². The summed E-state index contributed by atoms with van der Waals surface area (Å²) in [5.74, 6) is -0.894. The lowest BCUT2D eigenvalue weighted by Crippen LogP contribution is -2.56. The van der Waals surface area contributed by atoms with Crippen molar-refractivity contribution in [3.8, 4) is 0 Å². The highest BCUT2D eigenvalue weighted by molar-refractivity contribution is 5.87. The molecule has 6 heteroatoms. The summed E-state index contributed by atoms with van der Waals surface area (Å²) in [6, 6.07) is -0.246. The maximum Gasteiger partial charge on any atom is 0.329 e. The minimum Gasteiger partial charge on any atom is -0.479 e. The molecule has 2 fully saturated rings. The van der Waals surface area contributed by atoms with Crippen molar-refractivity contribution >= 4 is 12.0 Å². The number of amides is 2. The summed E-state index contributed by atoms with van der Waals surface area (Å²) in [4.78, 5) is 25.5. The van der Waals surface area contributed by atoms with E-state index in [0.717, 1.165) is 32.5 Å². The fraction of sp³-hybridized carbons (Fsp3) is 0.867. The number of carboxylic acid groups (broad SMARTS) is 1. The van der Waals surface area contributed by atoms with Crippen LogP contribution in [0.1, 0.15) is 46.0 Å². The second-order valence-corrected chi connectivity index (χ2v) is 6.53. The molecule has 0 aromatic rings. The zero-order valence-corrected chi connectivity index (χ0v) is 13.0. The molecule has 0 spiro atoms. The first kappa shape index (κ1) is 16.1. The molecule has 1 atom stereocenters. The van der Waals surface area contributed by atoms with Crippen LogP contribution in [0.25, 0.3) is 0 Å². The van der Waals surface area contributed by atoms with Gasteiger partial charge in [-0.3, -0.25) is 0 Å². The number of urea groups is 1. The minimum absolute atomic E-state index is 0.0474. The minimum atomic E-state index is -1.03. The maximum absolute atomic E-state index is 12.4. The van der Waals surface area contributed by atoms with Crippen LogP contribution in [0, 0.1) is 5.41 Å². The molecule has 2 rings (SSSR count). The average molecular weight is 298 g/mol. The molecule has 0 radical (unpaired) electrons. The summed E-state index contributed by atoms with van der Waals surface area (Å²) >= 11 is 0. The first-order valence-corrected chi connectivity index (χ1v) is 7.80. The molecule has 2 aliphatic rings. The van der Waals surface area contributed by atoms with E-state index in [-0.39, 0.29) is 11.4 Å². The van der Waals surface area contributed by atoms with Gasteiger partial charge in [0.25, 0.3) is 0 Å². The highest BCUT2D eigenvalue weighted by Gasteiger charge is 2.48. The third-order valence-electron chi connectivity index (χ3n) is 5.08. The molecule has 1 unspecified atom stereocenters. The smallest absolute Gasteiger partial charge is 0.329 e. The van der Waals surface area contributed by atoms with E-state index in [1.165, 1.54) is 4.90 Å². The molecule has 120 valence electrons. The third-order valence-corrected chi connectivity index (χ3v) is 5.08. The van der Waals surface area contributed by atoms with E-state index in [1.807, 2.05) is 6.92 Å². The highest BCUT2D eigenvalue weighted by atomic mass is 16.5. The van der Waals surface area contributed by atoms with Gasteiger partial charge in [0.1, 0.15) is 5.54 Å². The molecule has 6 nitrogen and oxygen atoms in total. The molecule has 21 heavy (non-hydrogen) atoms. The van der Waals surface area contributed by atoms with E-state index >= 15 is 0 Å². The summed E-state index contributed by atoms with van der Waals surface area (Å²) in [6.45, 7) is 6.52. The molecule has 0 aliphatic carbocycles. The summed E-state index contributed by atoms with van der Waals surface area (Å²) < 4.78 is 5.35. The number of carbonyl (C=O) groups excluding carboxylic acids is 1. The van der Waals surface area contributed by atoms with Crippen molar-refractivity contribution in [2.24, 2.45) is 5.41 Å². The highest BCUT2D eigenvalue weighted by Crippen LogP contribution is 2.33. The van der Waals surface area contributed by atoms with Crippen molar-refractivity contribution in [3.63, 3.8) is 0 Å². The number of carbonyl (C=O) groups is 2. The predicted octanol–water partition coefficient (Wildman–Crippen LogP) is 1.84. The van der Waals surface area contributed by atoms with Gasteiger partial charge in [-0.1, -0.05) is 13.8 Å². The van der Waals surface area contributed by atoms with Crippen molar-refractivity contribution in [1.29, 1.82) is 0 Å². The van der Waals surface area contributed by atoms with Gasteiger partial charge in [-0.05, 0) is 37.5 Å². The summed E-state index contributed by atoms with van der Waals surface area (Å²) in [5.41, 5.74) is -0.980. The number of aliphatic carboxylic acids is 1. The van der Waals surface area contributed by atoms with Crippen LogP contribution in [0.3, 0.4) is 0 Å². The third kappa shape index (κ3) is 3.15. The summed E-state index contributed by atoms with van der Waals surface area (Å²) in [7, 11) is 0. The first-order valence-electron chi connectivity index (χ1n) is 7.80. The topological polar surface area (TPSA) is 78.9 Å². The number of hydrogen-bond acceptors (Lipinski definition) is 3. The number of nitrogens with zero attached hydrogens (tertiary/aromatic N) is 1. The SMILES string of the molecule is CCC1(C(=O)O)CCCN1C(=O)NCC1(C)CCOCC1. The van der Waals surface area contributed by atoms with Crippen LogP contribution in [0.2, 0.25) is 0 Å². The van der Waals surface area contributed by atoms with E-state index in [0.29, 0.717) is 25.9 Å². The normalized spacial score (nSPS) is 28.4. The van der Waals surface area contributed by atoms with Crippen LogP contribution in [0.15, 0.2) is 0 Å². The molecule has 2 aliphatic heterocycles. The lowest BCUT2D eigenvalue weighted by molar-refractivity contribution is -0.148. The number of carboxylic acids is 1. The zero-order valence-electron chi connectivity index (χ0n) is 13.0. The molecular weight excluding hydrogens is 272 g/mol. The standard InChI is InChI=1S/C15H26N2O4/c1-3-15(12(18)19)5-4-8-17(15)13(20)16-11-14(2)6-9-21-10-7-14/h3-11H2,1-2H3,(H,16,20)(H,18,19). The van der Waals surface area contributed by atoms with Gasteiger partial charge in [-0.25, -0.2) is 9.59 Å². The molecule has 0 bridgehead atoms. The van der Waals surface area contributed by atoms with E-state index in [4.69, 9.17) is 4.74 Å². The Morgan fingerprint density at radius 1 is 1.29 bits per heavy atom.